The van der Waals surface area contributed by atoms with E-state index in [1.165, 1.54) is 22.2 Å². The minimum atomic E-state index is -0.184. The molecule has 1 saturated heterocycles. The van der Waals surface area contributed by atoms with E-state index in [9.17, 15) is 9.59 Å². The Bertz CT molecular complexity index is 1360. The van der Waals surface area contributed by atoms with Gasteiger partial charge in [-0.15, -0.1) is 22.7 Å². The van der Waals surface area contributed by atoms with E-state index in [-0.39, 0.29) is 24.1 Å². The molecule has 0 N–H and O–H groups in total. The van der Waals surface area contributed by atoms with Crippen LogP contribution >= 0.6 is 22.7 Å². The van der Waals surface area contributed by atoms with Gasteiger partial charge in [0.1, 0.15) is 22.9 Å². The topological polar surface area (TPSA) is 73.7 Å². The summed E-state index contributed by atoms with van der Waals surface area (Å²) >= 11 is 3.03. The molecule has 1 aromatic carbocycles. The zero-order chi connectivity index (χ0) is 22.9. The fraction of sp³-hybridized carbons (Fsp3) is 0.292. The molecule has 1 aliphatic rings. The Kier molecular flexibility index (Phi) is 5.90. The van der Waals surface area contributed by atoms with Crippen molar-refractivity contribution in [3.8, 4) is 21.9 Å². The minimum absolute atomic E-state index is 0.0452. The lowest BCUT2D eigenvalue weighted by molar-refractivity contribution is -0.132. The van der Waals surface area contributed by atoms with Gasteiger partial charge in [-0.2, -0.15) is 0 Å². The number of benzene rings is 1. The van der Waals surface area contributed by atoms with E-state index in [1.54, 1.807) is 25.6 Å². The van der Waals surface area contributed by atoms with Gasteiger partial charge in [-0.3, -0.25) is 14.2 Å². The van der Waals surface area contributed by atoms with Crippen LogP contribution in [-0.2, 0) is 11.3 Å². The summed E-state index contributed by atoms with van der Waals surface area (Å²) in [4.78, 5) is 34.7. The lowest BCUT2D eigenvalue weighted by atomic mass is 10.0. The summed E-state index contributed by atoms with van der Waals surface area (Å²) in [5, 5.41) is 4.52. The summed E-state index contributed by atoms with van der Waals surface area (Å²) in [6.45, 7) is 0.596. The Morgan fingerprint density at radius 3 is 2.85 bits per heavy atom. The molecule has 0 saturated carbocycles. The van der Waals surface area contributed by atoms with E-state index >= 15 is 0 Å². The van der Waals surface area contributed by atoms with E-state index in [2.05, 4.69) is 4.98 Å². The van der Waals surface area contributed by atoms with E-state index in [4.69, 9.17) is 9.47 Å². The monoisotopic (exact) mass is 481 g/mol. The van der Waals surface area contributed by atoms with Crippen molar-refractivity contribution in [3.63, 3.8) is 0 Å². The number of thiophene rings is 2. The van der Waals surface area contributed by atoms with Crippen molar-refractivity contribution in [1.29, 1.82) is 0 Å². The number of rotatable bonds is 6. The Morgan fingerprint density at radius 2 is 2.09 bits per heavy atom. The number of ether oxygens (including phenoxy) is 2. The van der Waals surface area contributed by atoms with Crippen LogP contribution in [0.5, 0.6) is 11.5 Å². The van der Waals surface area contributed by atoms with Gasteiger partial charge in [0.25, 0.3) is 5.56 Å². The van der Waals surface area contributed by atoms with Crippen LogP contribution in [0.1, 0.15) is 24.4 Å². The summed E-state index contributed by atoms with van der Waals surface area (Å²) in [6.07, 6.45) is 3.22. The predicted octanol–water partition coefficient (Wildman–Crippen LogP) is 4.57. The minimum Gasteiger partial charge on any atom is -0.497 e. The molecule has 0 bridgehead atoms. The summed E-state index contributed by atoms with van der Waals surface area (Å²) < 4.78 is 12.3. The van der Waals surface area contributed by atoms with Gasteiger partial charge in [-0.05, 0) is 36.4 Å². The highest BCUT2D eigenvalue weighted by Gasteiger charge is 2.32. The van der Waals surface area contributed by atoms with Crippen LogP contribution < -0.4 is 15.0 Å². The maximum Gasteiger partial charge on any atom is 0.263 e. The van der Waals surface area contributed by atoms with E-state index in [1.807, 2.05) is 46.0 Å². The molecule has 9 heteroatoms. The first-order chi connectivity index (χ1) is 16.1. The number of likely N-dealkylation sites (tertiary alicyclic amines) is 1. The molecule has 170 valence electrons. The lowest BCUT2D eigenvalue weighted by Crippen LogP contribution is -2.36. The fourth-order valence-corrected chi connectivity index (χ4v) is 6.13. The van der Waals surface area contributed by atoms with Crippen molar-refractivity contribution in [2.75, 3.05) is 20.8 Å². The third-order valence-electron chi connectivity index (χ3n) is 6.03. The van der Waals surface area contributed by atoms with Gasteiger partial charge in [0.2, 0.25) is 5.91 Å². The second kappa shape index (κ2) is 8.99. The highest BCUT2D eigenvalue weighted by atomic mass is 32.1. The van der Waals surface area contributed by atoms with E-state index < -0.39 is 0 Å². The van der Waals surface area contributed by atoms with E-state index in [0.29, 0.717) is 28.3 Å². The number of hydrogen-bond acceptors (Lipinski definition) is 7. The molecular formula is C24H23N3O4S2. The molecule has 7 nitrogen and oxygen atoms in total. The zero-order valence-electron chi connectivity index (χ0n) is 18.3. The van der Waals surface area contributed by atoms with Crippen LogP contribution in [0.15, 0.2) is 52.2 Å². The number of nitrogens with zero attached hydrogens (tertiary/aromatic N) is 3. The number of hydrogen-bond donors (Lipinski definition) is 0. The number of aromatic nitrogens is 2. The molecule has 4 aromatic rings. The molecule has 1 fully saturated rings. The Labute approximate surface area is 198 Å². The number of carbonyl (C=O) groups is 1. The highest BCUT2D eigenvalue weighted by molar-refractivity contribution is 7.18. The van der Waals surface area contributed by atoms with Gasteiger partial charge in [-0.1, -0.05) is 6.07 Å². The van der Waals surface area contributed by atoms with Gasteiger partial charge in [0.05, 0.1) is 32.0 Å². The van der Waals surface area contributed by atoms with Crippen LogP contribution in [0.2, 0.25) is 0 Å². The number of amides is 1. The standard InChI is InChI=1S/C24H23N3O4S2/c1-30-15-7-8-16(19(11-15)31-2)18-5-3-9-27(18)21(28)12-26-14-25-23-22(24(26)29)17(13-33-23)20-6-4-10-32-20/h4,6-8,10-11,13-14,18H,3,5,9,12H2,1-2H3. The first-order valence-corrected chi connectivity index (χ1v) is 12.4. The Hall–Kier alpha value is -3.17. The van der Waals surface area contributed by atoms with Crippen molar-refractivity contribution in [3.05, 3.63) is 63.3 Å². The smallest absolute Gasteiger partial charge is 0.263 e. The maximum atomic E-state index is 13.3. The molecule has 1 atom stereocenters. The molecular weight excluding hydrogens is 458 g/mol. The first-order valence-electron chi connectivity index (χ1n) is 10.6. The normalized spacial score (nSPS) is 15.8. The average molecular weight is 482 g/mol. The zero-order valence-corrected chi connectivity index (χ0v) is 19.9. The van der Waals surface area contributed by atoms with Crippen LogP contribution in [-0.4, -0.2) is 41.1 Å². The summed E-state index contributed by atoms with van der Waals surface area (Å²) in [7, 11) is 3.23. The van der Waals surface area contributed by atoms with Crippen LogP contribution in [0, 0.1) is 0 Å². The molecule has 1 amide bonds. The molecule has 3 aromatic heterocycles. The Balaban J connectivity index is 1.44. The predicted molar refractivity (Wildman–Crippen MR) is 130 cm³/mol. The molecule has 4 heterocycles. The van der Waals surface area contributed by atoms with Gasteiger partial charge in [0, 0.05) is 34.0 Å². The van der Waals surface area contributed by atoms with Crippen LogP contribution in [0.25, 0.3) is 20.7 Å². The van der Waals surface area contributed by atoms with Crippen LogP contribution in [0.3, 0.4) is 0 Å². The lowest BCUT2D eigenvalue weighted by Gasteiger charge is -2.27. The SMILES string of the molecule is COc1ccc(C2CCCN2C(=O)Cn2cnc3scc(-c4cccs4)c3c2=O)c(OC)c1. The summed E-state index contributed by atoms with van der Waals surface area (Å²) in [5.41, 5.74) is 1.64. The molecule has 0 aliphatic carbocycles. The third kappa shape index (κ3) is 3.91. The van der Waals surface area contributed by atoms with Crippen molar-refractivity contribution in [2.45, 2.75) is 25.4 Å². The average Bonchev–Trinajstić information content (AvgIpc) is 3.60. The number of fused-ring (bicyclic) bond motifs is 1. The van der Waals surface area contributed by atoms with E-state index in [0.717, 1.165) is 28.8 Å². The van der Waals surface area contributed by atoms with Crippen molar-refractivity contribution >= 4 is 38.8 Å². The van der Waals surface area contributed by atoms with Crippen molar-refractivity contribution in [2.24, 2.45) is 0 Å². The molecule has 5 rings (SSSR count). The van der Waals surface area contributed by atoms with Crippen LogP contribution in [0.4, 0.5) is 0 Å². The summed E-state index contributed by atoms with van der Waals surface area (Å²) in [6, 6.07) is 9.51. The fourth-order valence-electron chi connectivity index (χ4n) is 4.41. The number of methoxy groups -OCH3 is 2. The van der Waals surface area contributed by atoms with Crippen molar-refractivity contribution in [1.82, 2.24) is 14.5 Å². The highest BCUT2D eigenvalue weighted by Crippen LogP contribution is 2.39. The quantitative estimate of drug-likeness (QED) is 0.403. The number of carbonyl (C=O) groups excluding carboxylic acids is 1. The maximum absolute atomic E-state index is 13.3. The molecule has 1 aliphatic heterocycles. The van der Waals surface area contributed by atoms with Gasteiger partial charge < -0.3 is 14.4 Å². The van der Waals surface area contributed by atoms with Crippen molar-refractivity contribution < 1.29 is 14.3 Å². The summed E-state index contributed by atoms with van der Waals surface area (Å²) in [5.74, 6) is 1.29. The second-order valence-corrected chi connectivity index (χ2v) is 9.64. The first kappa shape index (κ1) is 21.7. The molecule has 33 heavy (non-hydrogen) atoms. The van der Waals surface area contributed by atoms with Gasteiger partial charge in [0.15, 0.2) is 0 Å². The third-order valence-corrected chi connectivity index (χ3v) is 7.82. The Morgan fingerprint density at radius 1 is 1.21 bits per heavy atom. The molecule has 1 unspecified atom stereocenters. The largest absolute Gasteiger partial charge is 0.497 e. The van der Waals surface area contributed by atoms with Gasteiger partial charge in [-0.25, -0.2) is 4.98 Å². The molecule has 0 radical (unpaired) electrons. The molecule has 0 spiro atoms. The van der Waals surface area contributed by atoms with Gasteiger partial charge >= 0.3 is 0 Å². The second-order valence-electron chi connectivity index (χ2n) is 7.84.